The van der Waals surface area contributed by atoms with E-state index >= 15 is 0 Å². The Bertz CT molecular complexity index is 514. The molecule has 0 aromatic carbocycles. The number of allylic oxidation sites excluding steroid dienone is 2. The van der Waals surface area contributed by atoms with E-state index in [1.807, 2.05) is 12.2 Å². The Hall–Kier alpha value is -1.76. The number of nitrogens with one attached hydrogen (secondary N) is 1. The number of anilines is 1. The molecule has 1 saturated carbocycles. The summed E-state index contributed by atoms with van der Waals surface area (Å²) in [6.45, 7) is 0. The summed E-state index contributed by atoms with van der Waals surface area (Å²) >= 11 is 1.20. The number of aromatic nitrogens is 2. The van der Waals surface area contributed by atoms with E-state index in [2.05, 4.69) is 15.5 Å². The van der Waals surface area contributed by atoms with Gasteiger partial charge in [-0.1, -0.05) is 23.5 Å². The van der Waals surface area contributed by atoms with Crippen LogP contribution in [0.1, 0.15) is 6.42 Å². The highest BCUT2D eigenvalue weighted by Crippen LogP contribution is 2.48. The molecule has 6 nitrogen and oxygen atoms in total. The zero-order valence-electron chi connectivity index (χ0n) is 9.28. The number of hydrogen-bond acceptors (Lipinski definition) is 6. The van der Waals surface area contributed by atoms with Gasteiger partial charge in [-0.15, -0.1) is 10.2 Å². The first-order valence-corrected chi connectivity index (χ1v) is 6.51. The molecule has 1 aromatic heterocycles. The molecule has 94 valence electrons. The van der Waals surface area contributed by atoms with Crippen LogP contribution in [0.3, 0.4) is 0 Å². The largest absolute Gasteiger partial charge is 0.550 e. The van der Waals surface area contributed by atoms with E-state index in [9.17, 15) is 14.7 Å². The smallest absolute Gasteiger partial charge is 0.230 e. The van der Waals surface area contributed by atoms with E-state index in [1.165, 1.54) is 16.8 Å². The Morgan fingerprint density at radius 3 is 2.67 bits per heavy atom. The van der Waals surface area contributed by atoms with E-state index in [4.69, 9.17) is 0 Å². The van der Waals surface area contributed by atoms with Crippen LogP contribution in [0.25, 0.3) is 0 Å². The van der Waals surface area contributed by atoms with Gasteiger partial charge in [0.2, 0.25) is 11.0 Å². The molecule has 1 fully saturated rings. The lowest BCUT2D eigenvalue weighted by atomic mass is 9.82. The second kappa shape index (κ2) is 4.16. The monoisotopic (exact) mass is 264 g/mol. The molecule has 18 heavy (non-hydrogen) atoms. The van der Waals surface area contributed by atoms with Gasteiger partial charge in [-0.2, -0.15) is 0 Å². The normalized spacial score (nSPS) is 32.7. The number of fused-ring (bicyclic) bond motifs is 2. The van der Waals surface area contributed by atoms with Gasteiger partial charge in [0.1, 0.15) is 5.51 Å². The number of carboxylic acids is 1. The maximum atomic E-state index is 12.1. The van der Waals surface area contributed by atoms with Gasteiger partial charge in [0.05, 0.1) is 5.92 Å². The van der Waals surface area contributed by atoms with Crippen molar-refractivity contribution in [2.45, 2.75) is 6.42 Å². The molecule has 1 aromatic rings. The average Bonchev–Trinajstić information content (AvgIpc) is 3.03. The minimum absolute atomic E-state index is 0.00850. The Kier molecular flexibility index (Phi) is 2.62. The van der Waals surface area contributed by atoms with Crippen LogP contribution >= 0.6 is 11.3 Å². The van der Waals surface area contributed by atoms with Crippen LogP contribution in [0, 0.1) is 23.7 Å². The van der Waals surface area contributed by atoms with Crippen molar-refractivity contribution < 1.29 is 14.7 Å². The quantitative estimate of drug-likeness (QED) is 0.754. The summed E-state index contributed by atoms with van der Waals surface area (Å²) in [7, 11) is 0. The number of rotatable bonds is 3. The number of hydrogen-bond donors (Lipinski definition) is 1. The number of amides is 1. The molecule has 3 rings (SSSR count). The molecular formula is C11H10N3O3S-. The van der Waals surface area contributed by atoms with Crippen molar-refractivity contribution in [1.82, 2.24) is 10.2 Å². The highest BCUT2D eigenvalue weighted by Gasteiger charge is 2.48. The zero-order valence-corrected chi connectivity index (χ0v) is 10.1. The highest BCUT2D eigenvalue weighted by molar-refractivity contribution is 7.13. The summed E-state index contributed by atoms with van der Waals surface area (Å²) in [5.74, 6) is -2.83. The molecule has 0 aliphatic heterocycles. The third kappa shape index (κ3) is 1.71. The van der Waals surface area contributed by atoms with Crippen molar-refractivity contribution in [1.29, 1.82) is 0 Å². The van der Waals surface area contributed by atoms with Crippen LogP contribution in [0.2, 0.25) is 0 Å². The molecule has 4 atom stereocenters. The SMILES string of the molecule is O=C([O-])[C@@H]1[C@H](C(=O)Nc2nncs2)[C@@H]2C=C[C@H]1C2. The number of aliphatic carboxylic acids is 1. The number of carbonyl (C=O) groups is 2. The van der Waals surface area contributed by atoms with Gasteiger partial charge in [-0.05, 0) is 18.3 Å². The van der Waals surface area contributed by atoms with Crippen LogP contribution in [-0.4, -0.2) is 22.1 Å². The van der Waals surface area contributed by atoms with Gasteiger partial charge in [0.15, 0.2) is 0 Å². The van der Waals surface area contributed by atoms with E-state index in [0.29, 0.717) is 11.6 Å². The molecule has 0 unspecified atom stereocenters. The first-order valence-electron chi connectivity index (χ1n) is 5.63. The lowest BCUT2D eigenvalue weighted by Crippen LogP contribution is -2.42. The minimum Gasteiger partial charge on any atom is -0.550 e. The van der Waals surface area contributed by atoms with Crippen LogP contribution < -0.4 is 10.4 Å². The maximum Gasteiger partial charge on any atom is 0.230 e. The van der Waals surface area contributed by atoms with Crippen molar-refractivity contribution in [3.63, 3.8) is 0 Å². The molecule has 0 radical (unpaired) electrons. The summed E-state index contributed by atoms with van der Waals surface area (Å²) in [4.78, 5) is 23.3. The molecule has 7 heteroatoms. The molecule has 2 aliphatic carbocycles. The van der Waals surface area contributed by atoms with Crippen molar-refractivity contribution in [3.05, 3.63) is 17.7 Å². The fourth-order valence-corrected chi connectivity index (χ4v) is 3.37. The summed E-state index contributed by atoms with van der Waals surface area (Å²) in [5, 5.41) is 21.5. The Morgan fingerprint density at radius 2 is 2.06 bits per heavy atom. The lowest BCUT2D eigenvalue weighted by molar-refractivity contribution is -0.313. The second-order valence-corrected chi connectivity index (χ2v) is 5.39. The van der Waals surface area contributed by atoms with Gasteiger partial charge in [0, 0.05) is 11.9 Å². The van der Waals surface area contributed by atoms with Gasteiger partial charge >= 0.3 is 0 Å². The first kappa shape index (κ1) is 11.3. The van der Waals surface area contributed by atoms with Gasteiger partial charge in [-0.3, -0.25) is 4.79 Å². The molecule has 2 aliphatic rings. The Labute approximate surface area is 107 Å². The molecule has 0 spiro atoms. The third-order valence-electron chi connectivity index (χ3n) is 3.62. The summed E-state index contributed by atoms with van der Waals surface area (Å²) in [6.07, 6.45) is 4.52. The molecule has 2 bridgehead atoms. The van der Waals surface area contributed by atoms with E-state index in [1.54, 1.807) is 0 Å². The minimum atomic E-state index is -1.15. The summed E-state index contributed by atoms with van der Waals surface area (Å²) < 4.78 is 0. The van der Waals surface area contributed by atoms with Gasteiger partial charge < -0.3 is 15.2 Å². The maximum absolute atomic E-state index is 12.1. The van der Waals surface area contributed by atoms with Crippen molar-refractivity contribution in [2.75, 3.05) is 5.32 Å². The van der Waals surface area contributed by atoms with Gasteiger partial charge in [-0.25, -0.2) is 0 Å². The van der Waals surface area contributed by atoms with Crippen LogP contribution in [0.15, 0.2) is 17.7 Å². The summed E-state index contributed by atoms with van der Waals surface area (Å²) in [6, 6.07) is 0. The fourth-order valence-electron chi connectivity index (χ4n) is 2.92. The molecule has 1 amide bonds. The number of carboxylic acid groups (broad SMARTS) is 1. The molecule has 1 N–H and O–H groups in total. The molecular weight excluding hydrogens is 254 g/mol. The first-order chi connectivity index (χ1) is 8.66. The van der Waals surface area contributed by atoms with E-state index in [-0.39, 0.29) is 17.7 Å². The topological polar surface area (TPSA) is 95.0 Å². The van der Waals surface area contributed by atoms with Gasteiger partial charge in [0.25, 0.3) is 0 Å². The zero-order chi connectivity index (χ0) is 12.7. The molecule has 1 heterocycles. The van der Waals surface area contributed by atoms with Crippen molar-refractivity contribution in [2.24, 2.45) is 23.7 Å². The lowest BCUT2D eigenvalue weighted by Gasteiger charge is -2.27. The predicted molar refractivity (Wildman–Crippen MR) is 61.3 cm³/mol. The summed E-state index contributed by atoms with van der Waals surface area (Å²) in [5.41, 5.74) is 1.51. The average molecular weight is 264 g/mol. The number of nitrogens with zero attached hydrogens (tertiary/aromatic N) is 2. The molecule has 0 saturated heterocycles. The Balaban J connectivity index is 1.80. The fraction of sp³-hybridized carbons (Fsp3) is 0.455. The van der Waals surface area contributed by atoms with Crippen molar-refractivity contribution >= 4 is 28.3 Å². The third-order valence-corrected chi connectivity index (χ3v) is 4.23. The number of carbonyl (C=O) groups excluding carboxylic acids is 2. The highest BCUT2D eigenvalue weighted by atomic mass is 32.1. The van der Waals surface area contributed by atoms with E-state index in [0.717, 1.165) is 0 Å². The van der Waals surface area contributed by atoms with Crippen LogP contribution in [-0.2, 0) is 9.59 Å². The van der Waals surface area contributed by atoms with Crippen LogP contribution in [0.5, 0.6) is 0 Å². The van der Waals surface area contributed by atoms with Crippen LogP contribution in [0.4, 0.5) is 5.13 Å². The van der Waals surface area contributed by atoms with E-state index < -0.39 is 17.8 Å². The predicted octanol–water partition coefficient (Wildman–Crippen LogP) is -0.335. The Morgan fingerprint density at radius 1 is 1.33 bits per heavy atom. The van der Waals surface area contributed by atoms with Crippen molar-refractivity contribution in [3.8, 4) is 0 Å². The standard InChI is InChI=1S/C11H11N3O3S/c15-9(13-11-14-12-4-18-11)7-5-1-2-6(3-5)8(7)10(16)17/h1-2,4-8H,3H2,(H,16,17)(H,13,14,15)/p-1/t5-,6+,7-,8+/m1/s1. The second-order valence-electron chi connectivity index (χ2n) is 4.55.